The number of benzene rings is 1. The lowest BCUT2D eigenvalue weighted by molar-refractivity contribution is -0.141. The molecule has 2 rings (SSSR count). The van der Waals surface area contributed by atoms with Crippen molar-refractivity contribution in [2.24, 2.45) is 0 Å². The second-order valence-electron chi connectivity index (χ2n) is 4.77. The summed E-state index contributed by atoms with van der Waals surface area (Å²) in [6, 6.07) is 8.95. The van der Waals surface area contributed by atoms with Crippen molar-refractivity contribution in [3.05, 3.63) is 59.4 Å². The van der Waals surface area contributed by atoms with Crippen molar-refractivity contribution in [1.29, 1.82) is 0 Å². The first-order valence-electron chi connectivity index (χ1n) is 6.68. The topological polar surface area (TPSA) is 71.2 Å². The smallest absolute Gasteiger partial charge is 0.307 e. The SMILES string of the molecule is COC(=O)CC(NC(=O)c1c[nH]cc1C)c1ccccc1. The molecule has 0 bridgehead atoms. The Balaban J connectivity index is 2.18. The van der Waals surface area contributed by atoms with Gasteiger partial charge in [0.2, 0.25) is 0 Å². The molecular formula is C16H18N2O3. The first kappa shape index (κ1) is 14.8. The summed E-state index contributed by atoms with van der Waals surface area (Å²) >= 11 is 0. The molecule has 1 unspecified atom stereocenters. The van der Waals surface area contributed by atoms with Crippen LogP contribution in [0.25, 0.3) is 0 Å². The molecule has 0 radical (unpaired) electrons. The highest BCUT2D eigenvalue weighted by atomic mass is 16.5. The maximum atomic E-state index is 12.3. The second-order valence-corrected chi connectivity index (χ2v) is 4.77. The molecule has 5 nitrogen and oxygen atoms in total. The Morgan fingerprint density at radius 3 is 2.52 bits per heavy atom. The molecule has 5 heteroatoms. The summed E-state index contributed by atoms with van der Waals surface area (Å²) in [5.41, 5.74) is 2.29. The Hall–Kier alpha value is -2.56. The molecule has 110 valence electrons. The molecule has 0 saturated heterocycles. The van der Waals surface area contributed by atoms with Crippen LogP contribution < -0.4 is 5.32 Å². The van der Waals surface area contributed by atoms with Gasteiger partial charge in [-0.25, -0.2) is 0 Å². The minimum absolute atomic E-state index is 0.0930. The minimum Gasteiger partial charge on any atom is -0.469 e. The van der Waals surface area contributed by atoms with Crippen molar-refractivity contribution in [3.63, 3.8) is 0 Å². The third-order valence-electron chi connectivity index (χ3n) is 3.30. The average molecular weight is 286 g/mol. The van der Waals surface area contributed by atoms with E-state index in [1.54, 1.807) is 12.4 Å². The highest BCUT2D eigenvalue weighted by Crippen LogP contribution is 2.18. The number of carbonyl (C=O) groups excluding carboxylic acids is 2. The number of hydrogen-bond donors (Lipinski definition) is 2. The molecule has 21 heavy (non-hydrogen) atoms. The van der Waals surface area contributed by atoms with Crippen LogP contribution in [0.5, 0.6) is 0 Å². The van der Waals surface area contributed by atoms with Gasteiger partial charge >= 0.3 is 5.97 Å². The van der Waals surface area contributed by atoms with E-state index in [2.05, 4.69) is 10.3 Å². The summed E-state index contributed by atoms with van der Waals surface area (Å²) in [5.74, 6) is -0.582. The van der Waals surface area contributed by atoms with Crippen LogP contribution in [-0.2, 0) is 9.53 Å². The van der Waals surface area contributed by atoms with Gasteiger partial charge in [0.25, 0.3) is 5.91 Å². The van der Waals surface area contributed by atoms with Crippen LogP contribution in [0, 0.1) is 6.92 Å². The molecule has 2 N–H and O–H groups in total. The van der Waals surface area contributed by atoms with Gasteiger partial charge in [-0.05, 0) is 18.1 Å². The third kappa shape index (κ3) is 3.72. The Morgan fingerprint density at radius 2 is 1.95 bits per heavy atom. The fraction of sp³-hybridized carbons (Fsp3) is 0.250. The molecule has 1 atom stereocenters. The summed E-state index contributed by atoms with van der Waals surface area (Å²) in [6.45, 7) is 1.85. The molecule has 1 aromatic carbocycles. The molecule has 2 aromatic rings. The highest BCUT2D eigenvalue weighted by molar-refractivity contribution is 5.95. The van der Waals surface area contributed by atoms with Gasteiger partial charge in [0, 0.05) is 12.4 Å². The number of methoxy groups -OCH3 is 1. The number of H-pyrrole nitrogens is 1. The highest BCUT2D eigenvalue weighted by Gasteiger charge is 2.20. The molecule has 0 spiro atoms. The number of hydrogen-bond acceptors (Lipinski definition) is 3. The van der Waals surface area contributed by atoms with Crippen molar-refractivity contribution in [1.82, 2.24) is 10.3 Å². The van der Waals surface area contributed by atoms with Gasteiger partial charge in [0.15, 0.2) is 0 Å². The number of esters is 1. The van der Waals surface area contributed by atoms with Crippen molar-refractivity contribution in [3.8, 4) is 0 Å². The third-order valence-corrected chi connectivity index (χ3v) is 3.30. The molecule has 1 aromatic heterocycles. The van der Waals surface area contributed by atoms with E-state index in [0.29, 0.717) is 5.56 Å². The van der Waals surface area contributed by atoms with Gasteiger partial charge < -0.3 is 15.0 Å². The molecule has 0 fully saturated rings. The molecule has 0 aliphatic heterocycles. The van der Waals surface area contributed by atoms with Crippen LogP contribution in [0.3, 0.4) is 0 Å². The zero-order chi connectivity index (χ0) is 15.2. The van der Waals surface area contributed by atoms with Crippen LogP contribution in [0.1, 0.15) is 33.9 Å². The van der Waals surface area contributed by atoms with Crippen LogP contribution in [0.15, 0.2) is 42.7 Å². The second kappa shape index (κ2) is 6.74. The van der Waals surface area contributed by atoms with Crippen LogP contribution in [-0.4, -0.2) is 24.0 Å². The van der Waals surface area contributed by atoms with E-state index in [0.717, 1.165) is 11.1 Å². The predicted octanol–water partition coefficient (Wildman–Crippen LogP) is 2.36. The summed E-state index contributed by atoms with van der Waals surface area (Å²) < 4.78 is 4.70. The fourth-order valence-corrected chi connectivity index (χ4v) is 2.11. The number of ether oxygens (including phenoxy) is 1. The lowest BCUT2D eigenvalue weighted by atomic mass is 10.0. The van der Waals surface area contributed by atoms with Gasteiger partial charge in [0.1, 0.15) is 0 Å². The quantitative estimate of drug-likeness (QED) is 0.829. The van der Waals surface area contributed by atoms with E-state index in [1.165, 1.54) is 7.11 Å². The van der Waals surface area contributed by atoms with E-state index in [-0.39, 0.29) is 18.3 Å². The average Bonchev–Trinajstić information content (AvgIpc) is 2.93. The minimum atomic E-state index is -0.416. The summed E-state index contributed by atoms with van der Waals surface area (Å²) in [7, 11) is 1.34. The monoisotopic (exact) mass is 286 g/mol. The van der Waals surface area contributed by atoms with Crippen LogP contribution in [0.4, 0.5) is 0 Å². The number of nitrogens with one attached hydrogen (secondary N) is 2. The van der Waals surface area contributed by atoms with Crippen molar-refractivity contribution in [2.75, 3.05) is 7.11 Å². The van der Waals surface area contributed by atoms with Crippen molar-refractivity contribution >= 4 is 11.9 Å². The number of aromatic amines is 1. The Labute approximate surface area is 123 Å². The van der Waals surface area contributed by atoms with Crippen molar-refractivity contribution in [2.45, 2.75) is 19.4 Å². The molecule has 1 amide bonds. The van der Waals surface area contributed by atoms with E-state index in [1.807, 2.05) is 37.3 Å². The lowest BCUT2D eigenvalue weighted by Gasteiger charge is -2.18. The normalized spacial score (nSPS) is 11.7. The number of carbonyl (C=O) groups is 2. The fourth-order valence-electron chi connectivity index (χ4n) is 2.11. The zero-order valence-corrected chi connectivity index (χ0v) is 12.1. The van der Waals surface area contributed by atoms with Gasteiger partial charge in [-0.1, -0.05) is 30.3 Å². The number of aromatic nitrogens is 1. The largest absolute Gasteiger partial charge is 0.469 e. The van der Waals surface area contributed by atoms with Crippen LogP contribution >= 0.6 is 0 Å². The zero-order valence-electron chi connectivity index (χ0n) is 12.1. The molecular weight excluding hydrogens is 268 g/mol. The standard InChI is InChI=1S/C16H18N2O3/c1-11-9-17-10-13(11)16(20)18-14(8-15(19)21-2)12-6-4-3-5-7-12/h3-7,9-10,14,17H,8H2,1-2H3,(H,18,20). The maximum Gasteiger partial charge on any atom is 0.307 e. The van der Waals surface area contributed by atoms with E-state index in [9.17, 15) is 9.59 Å². The number of rotatable bonds is 5. The Bertz CT molecular complexity index is 619. The Kier molecular flexibility index (Phi) is 4.77. The Morgan fingerprint density at radius 1 is 1.24 bits per heavy atom. The molecule has 1 heterocycles. The van der Waals surface area contributed by atoms with E-state index >= 15 is 0 Å². The van der Waals surface area contributed by atoms with Gasteiger partial charge in [-0.15, -0.1) is 0 Å². The molecule has 0 aliphatic carbocycles. The van der Waals surface area contributed by atoms with Crippen molar-refractivity contribution < 1.29 is 14.3 Å². The summed E-state index contributed by atoms with van der Waals surface area (Å²) in [6.07, 6.45) is 3.49. The number of aryl methyl sites for hydroxylation is 1. The number of amides is 1. The summed E-state index contributed by atoms with van der Waals surface area (Å²) in [5, 5.41) is 2.88. The van der Waals surface area contributed by atoms with Gasteiger partial charge in [-0.3, -0.25) is 9.59 Å². The first-order chi connectivity index (χ1) is 10.1. The van der Waals surface area contributed by atoms with Gasteiger partial charge in [-0.2, -0.15) is 0 Å². The predicted molar refractivity (Wildman–Crippen MR) is 78.8 cm³/mol. The summed E-state index contributed by atoms with van der Waals surface area (Å²) in [4.78, 5) is 26.7. The van der Waals surface area contributed by atoms with E-state index < -0.39 is 6.04 Å². The van der Waals surface area contributed by atoms with Gasteiger partial charge in [0.05, 0.1) is 25.1 Å². The molecule has 0 saturated carbocycles. The lowest BCUT2D eigenvalue weighted by Crippen LogP contribution is -2.30. The molecule has 0 aliphatic rings. The maximum absolute atomic E-state index is 12.3. The van der Waals surface area contributed by atoms with E-state index in [4.69, 9.17) is 4.74 Å². The van der Waals surface area contributed by atoms with Crippen LogP contribution in [0.2, 0.25) is 0 Å². The first-order valence-corrected chi connectivity index (χ1v) is 6.68.